The molecule has 2 nitrogen and oxygen atoms in total. The molecule has 0 bridgehead atoms. The normalized spacial score (nSPS) is 12.3. The van der Waals surface area contributed by atoms with E-state index in [1.807, 2.05) is 6.92 Å². The fraction of sp³-hybridized carbons (Fsp3) is 0.200. The molecule has 0 radical (unpaired) electrons. The van der Waals surface area contributed by atoms with Gasteiger partial charge < -0.3 is 9.84 Å². The number of rotatable bonds is 4. The van der Waals surface area contributed by atoms with Gasteiger partial charge in [0.25, 0.3) is 0 Å². The third kappa shape index (κ3) is 3.85. The van der Waals surface area contributed by atoms with E-state index in [2.05, 4.69) is 15.9 Å². The lowest BCUT2D eigenvalue weighted by Gasteiger charge is -2.17. The average Bonchev–Trinajstić information content (AvgIpc) is 2.44. The Morgan fingerprint density at radius 3 is 2.38 bits per heavy atom. The minimum absolute atomic E-state index is 0.367. The van der Waals surface area contributed by atoms with Crippen molar-refractivity contribution in [2.24, 2.45) is 0 Å². The molecule has 0 aliphatic heterocycles. The summed E-state index contributed by atoms with van der Waals surface area (Å²) in [5.74, 6) is 0.487. The average molecular weight is 411 g/mol. The Bertz CT molecular complexity index is 662. The highest BCUT2D eigenvalue weighted by Gasteiger charge is 2.19. The third-order valence-corrected chi connectivity index (χ3v) is 4.36. The van der Waals surface area contributed by atoms with Crippen LogP contribution >= 0.6 is 50.7 Å². The van der Waals surface area contributed by atoms with E-state index in [0.29, 0.717) is 38.6 Å². The van der Waals surface area contributed by atoms with Crippen LogP contribution in [0.25, 0.3) is 0 Å². The van der Waals surface area contributed by atoms with E-state index < -0.39 is 6.10 Å². The Kier molecular flexibility index (Phi) is 5.81. The van der Waals surface area contributed by atoms with Crippen molar-refractivity contribution >= 4 is 50.7 Å². The summed E-state index contributed by atoms with van der Waals surface area (Å²) in [5.41, 5.74) is 1.03. The second kappa shape index (κ2) is 7.21. The van der Waals surface area contributed by atoms with Gasteiger partial charge in [-0.1, -0.05) is 50.7 Å². The summed E-state index contributed by atoms with van der Waals surface area (Å²) in [6.07, 6.45) is -0.976. The number of benzene rings is 2. The zero-order chi connectivity index (χ0) is 15.6. The monoisotopic (exact) mass is 408 g/mol. The van der Waals surface area contributed by atoms with Crippen LogP contribution < -0.4 is 4.74 Å². The van der Waals surface area contributed by atoms with Gasteiger partial charge in [-0.3, -0.25) is 0 Å². The van der Waals surface area contributed by atoms with Crippen LogP contribution in [-0.2, 0) is 0 Å². The van der Waals surface area contributed by atoms with Gasteiger partial charge in [-0.15, -0.1) is 0 Å². The van der Waals surface area contributed by atoms with Gasteiger partial charge in [0.1, 0.15) is 11.9 Å². The lowest BCUT2D eigenvalue weighted by Crippen LogP contribution is -2.03. The lowest BCUT2D eigenvalue weighted by atomic mass is 10.0. The van der Waals surface area contributed by atoms with E-state index in [9.17, 15) is 5.11 Å². The molecule has 1 atom stereocenters. The first kappa shape index (κ1) is 16.9. The minimum Gasteiger partial charge on any atom is -0.492 e. The second-order valence-electron chi connectivity index (χ2n) is 4.31. The first-order valence-corrected chi connectivity index (χ1v) is 8.11. The molecule has 0 aromatic heterocycles. The van der Waals surface area contributed by atoms with Crippen molar-refractivity contribution in [2.75, 3.05) is 6.61 Å². The maximum Gasteiger partial charge on any atom is 0.139 e. The van der Waals surface area contributed by atoms with Crippen LogP contribution in [0.1, 0.15) is 24.2 Å². The van der Waals surface area contributed by atoms with E-state index in [1.165, 1.54) is 0 Å². The molecular weight excluding hydrogens is 398 g/mol. The number of halogens is 4. The van der Waals surface area contributed by atoms with Crippen molar-refractivity contribution in [3.8, 4) is 5.75 Å². The number of ether oxygens (including phenoxy) is 1. The van der Waals surface area contributed by atoms with Gasteiger partial charge >= 0.3 is 0 Å². The van der Waals surface area contributed by atoms with Crippen LogP contribution in [0.15, 0.2) is 34.8 Å². The standard InChI is InChI=1S/C15H12BrCl3O2/c1-2-21-14-7-12(18)10(6-13(14)19)15(20)9-5-8(16)3-4-11(9)17/h3-7,15,20H,2H2,1H3. The largest absolute Gasteiger partial charge is 0.492 e. The van der Waals surface area contributed by atoms with Crippen LogP contribution in [0.4, 0.5) is 0 Å². The molecule has 1 unspecified atom stereocenters. The summed E-state index contributed by atoms with van der Waals surface area (Å²) >= 11 is 21.9. The molecule has 0 fully saturated rings. The van der Waals surface area contributed by atoms with E-state index in [4.69, 9.17) is 39.5 Å². The molecule has 2 aromatic rings. The number of aliphatic hydroxyl groups excluding tert-OH is 1. The van der Waals surface area contributed by atoms with Crippen LogP contribution in [0.3, 0.4) is 0 Å². The Balaban J connectivity index is 2.46. The zero-order valence-electron chi connectivity index (χ0n) is 11.0. The van der Waals surface area contributed by atoms with Crippen LogP contribution in [0.2, 0.25) is 15.1 Å². The second-order valence-corrected chi connectivity index (χ2v) is 6.44. The highest BCUT2D eigenvalue weighted by atomic mass is 79.9. The van der Waals surface area contributed by atoms with Crippen molar-refractivity contribution in [2.45, 2.75) is 13.0 Å². The molecular formula is C15H12BrCl3O2. The van der Waals surface area contributed by atoms with Gasteiger partial charge in [-0.25, -0.2) is 0 Å². The van der Waals surface area contributed by atoms with E-state index >= 15 is 0 Å². The molecule has 1 N–H and O–H groups in total. The summed E-state index contributed by atoms with van der Waals surface area (Å²) in [6, 6.07) is 8.43. The highest BCUT2D eigenvalue weighted by Crippen LogP contribution is 2.38. The number of hydrogen-bond donors (Lipinski definition) is 1. The summed E-state index contributed by atoms with van der Waals surface area (Å²) in [6.45, 7) is 2.34. The predicted molar refractivity (Wildman–Crippen MR) is 90.8 cm³/mol. The lowest BCUT2D eigenvalue weighted by molar-refractivity contribution is 0.220. The molecule has 0 aliphatic carbocycles. The SMILES string of the molecule is CCOc1cc(Cl)c(C(O)c2cc(Br)ccc2Cl)cc1Cl. The van der Waals surface area contributed by atoms with Crippen molar-refractivity contribution < 1.29 is 9.84 Å². The van der Waals surface area contributed by atoms with Gasteiger partial charge in [0, 0.05) is 26.7 Å². The van der Waals surface area contributed by atoms with Gasteiger partial charge in [0.05, 0.1) is 16.7 Å². The van der Waals surface area contributed by atoms with Crippen LogP contribution in [-0.4, -0.2) is 11.7 Å². The summed E-state index contributed by atoms with van der Waals surface area (Å²) in [4.78, 5) is 0. The van der Waals surface area contributed by atoms with Crippen molar-refractivity contribution in [3.05, 3.63) is 61.0 Å². The maximum atomic E-state index is 10.5. The Hall–Kier alpha value is -0.450. The molecule has 0 saturated heterocycles. The summed E-state index contributed by atoms with van der Waals surface area (Å²) in [5, 5.41) is 11.7. The molecule has 0 spiro atoms. The molecule has 6 heteroatoms. The van der Waals surface area contributed by atoms with Gasteiger partial charge in [-0.05, 0) is 31.2 Å². The van der Waals surface area contributed by atoms with Crippen LogP contribution in [0, 0.1) is 0 Å². The molecule has 2 rings (SSSR count). The quantitative estimate of drug-likeness (QED) is 0.681. The first-order valence-electron chi connectivity index (χ1n) is 6.18. The Morgan fingerprint density at radius 1 is 1.05 bits per heavy atom. The third-order valence-electron chi connectivity index (χ3n) is 2.90. The molecule has 0 saturated carbocycles. The molecule has 0 heterocycles. The molecule has 21 heavy (non-hydrogen) atoms. The Morgan fingerprint density at radius 2 is 1.71 bits per heavy atom. The maximum absolute atomic E-state index is 10.5. The molecule has 0 amide bonds. The minimum atomic E-state index is -0.976. The molecule has 112 valence electrons. The highest BCUT2D eigenvalue weighted by molar-refractivity contribution is 9.10. The fourth-order valence-corrected chi connectivity index (χ4v) is 2.99. The number of hydrogen-bond acceptors (Lipinski definition) is 2. The summed E-state index contributed by atoms with van der Waals surface area (Å²) in [7, 11) is 0. The molecule has 0 aliphatic rings. The smallest absolute Gasteiger partial charge is 0.139 e. The Labute approximate surface area is 146 Å². The van der Waals surface area contributed by atoms with Gasteiger partial charge in [-0.2, -0.15) is 0 Å². The van der Waals surface area contributed by atoms with Gasteiger partial charge in [0.2, 0.25) is 0 Å². The fourth-order valence-electron chi connectivity index (χ4n) is 1.91. The van der Waals surface area contributed by atoms with Crippen LogP contribution in [0.5, 0.6) is 5.75 Å². The predicted octanol–water partition coefficient (Wildman–Crippen LogP) is 5.89. The van der Waals surface area contributed by atoms with E-state index in [1.54, 1.807) is 30.3 Å². The summed E-state index contributed by atoms with van der Waals surface area (Å²) < 4.78 is 6.18. The number of aliphatic hydroxyl groups is 1. The van der Waals surface area contributed by atoms with Crippen molar-refractivity contribution in [1.29, 1.82) is 0 Å². The van der Waals surface area contributed by atoms with Crippen molar-refractivity contribution in [3.63, 3.8) is 0 Å². The van der Waals surface area contributed by atoms with E-state index in [-0.39, 0.29) is 0 Å². The van der Waals surface area contributed by atoms with Crippen molar-refractivity contribution in [1.82, 2.24) is 0 Å². The molecule has 2 aromatic carbocycles. The first-order chi connectivity index (χ1) is 9.93. The topological polar surface area (TPSA) is 29.5 Å². The van der Waals surface area contributed by atoms with E-state index in [0.717, 1.165) is 4.47 Å². The van der Waals surface area contributed by atoms with Gasteiger partial charge in [0.15, 0.2) is 0 Å². The zero-order valence-corrected chi connectivity index (χ0v) is 14.9.